The normalized spacial score (nSPS) is 32.5. The molecule has 0 heterocycles. The molecule has 144 valence electrons. The highest BCUT2D eigenvalue weighted by Crippen LogP contribution is 2.62. The number of rotatable bonds is 6. The van der Waals surface area contributed by atoms with Crippen LogP contribution in [0.4, 0.5) is 0 Å². The molecule has 2 fully saturated rings. The van der Waals surface area contributed by atoms with Gasteiger partial charge in [-0.2, -0.15) is 0 Å². The van der Waals surface area contributed by atoms with Crippen molar-refractivity contribution in [1.82, 2.24) is 0 Å². The smallest absolute Gasteiger partial charge is 0.188 e. The summed E-state index contributed by atoms with van der Waals surface area (Å²) in [5.74, 6) is 3.91. The summed E-state index contributed by atoms with van der Waals surface area (Å²) < 4.78 is 22.2. The van der Waals surface area contributed by atoms with E-state index in [-0.39, 0.29) is 13.6 Å². The molecule has 0 saturated heterocycles. The van der Waals surface area contributed by atoms with Gasteiger partial charge in [0.25, 0.3) is 0 Å². The Balaban J connectivity index is 1.71. The first-order valence-corrected chi connectivity index (χ1v) is 10.1. The Morgan fingerprint density at radius 2 is 1.81 bits per heavy atom. The van der Waals surface area contributed by atoms with Crippen molar-refractivity contribution in [2.75, 3.05) is 27.8 Å². The van der Waals surface area contributed by atoms with E-state index in [1.165, 1.54) is 49.7 Å². The zero-order valence-corrected chi connectivity index (χ0v) is 16.4. The van der Waals surface area contributed by atoms with Gasteiger partial charge < -0.3 is 18.9 Å². The van der Waals surface area contributed by atoms with Gasteiger partial charge in [0.2, 0.25) is 0 Å². The molecule has 4 atom stereocenters. The van der Waals surface area contributed by atoms with E-state index in [9.17, 15) is 0 Å². The van der Waals surface area contributed by atoms with Crippen LogP contribution in [0.3, 0.4) is 0 Å². The highest BCUT2D eigenvalue weighted by molar-refractivity contribution is 5.54. The zero-order chi connectivity index (χ0) is 18.1. The van der Waals surface area contributed by atoms with Gasteiger partial charge in [0.05, 0.1) is 0 Å². The van der Waals surface area contributed by atoms with Crippen LogP contribution >= 0.6 is 0 Å². The SMILES string of the molecule is COCOc1ccc2c(c1OCOC)C1CCC3(C)CCCC3C1CC2. The van der Waals surface area contributed by atoms with E-state index in [4.69, 9.17) is 18.9 Å². The molecule has 1 aromatic rings. The predicted molar refractivity (Wildman–Crippen MR) is 101 cm³/mol. The topological polar surface area (TPSA) is 36.9 Å². The second-order valence-corrected chi connectivity index (χ2v) is 8.57. The van der Waals surface area contributed by atoms with Crippen LogP contribution in [0.2, 0.25) is 0 Å². The van der Waals surface area contributed by atoms with E-state index in [0.29, 0.717) is 11.3 Å². The monoisotopic (exact) mass is 360 g/mol. The first-order valence-electron chi connectivity index (χ1n) is 10.1. The van der Waals surface area contributed by atoms with E-state index >= 15 is 0 Å². The summed E-state index contributed by atoms with van der Waals surface area (Å²) in [4.78, 5) is 0. The van der Waals surface area contributed by atoms with Crippen molar-refractivity contribution >= 4 is 0 Å². The third-order valence-corrected chi connectivity index (χ3v) is 7.24. The van der Waals surface area contributed by atoms with Gasteiger partial charge in [-0.25, -0.2) is 0 Å². The fraction of sp³-hybridized carbons (Fsp3) is 0.727. The minimum Gasteiger partial charge on any atom is -0.464 e. The van der Waals surface area contributed by atoms with Crippen molar-refractivity contribution in [1.29, 1.82) is 0 Å². The van der Waals surface area contributed by atoms with E-state index in [0.717, 1.165) is 29.8 Å². The lowest BCUT2D eigenvalue weighted by Gasteiger charge is -2.49. The predicted octanol–water partition coefficient (Wildman–Crippen LogP) is 4.90. The highest BCUT2D eigenvalue weighted by atomic mass is 16.7. The number of aryl methyl sites for hydroxylation is 1. The first-order chi connectivity index (χ1) is 12.7. The van der Waals surface area contributed by atoms with Gasteiger partial charge in [0.15, 0.2) is 25.1 Å². The lowest BCUT2D eigenvalue weighted by Crippen LogP contribution is -2.39. The highest BCUT2D eigenvalue weighted by Gasteiger charge is 2.51. The molecular formula is C22H32O4. The van der Waals surface area contributed by atoms with Crippen LogP contribution in [0.15, 0.2) is 12.1 Å². The number of benzene rings is 1. The van der Waals surface area contributed by atoms with Crippen LogP contribution < -0.4 is 9.47 Å². The molecule has 0 amide bonds. The number of fused-ring (bicyclic) bond motifs is 5. The number of ether oxygens (including phenoxy) is 4. The molecule has 4 rings (SSSR count). The lowest BCUT2D eigenvalue weighted by molar-refractivity contribution is 0.0274. The minimum atomic E-state index is 0.233. The minimum absolute atomic E-state index is 0.233. The molecule has 3 aliphatic carbocycles. The summed E-state index contributed by atoms with van der Waals surface area (Å²) in [6.07, 6.45) is 9.30. The van der Waals surface area contributed by atoms with Crippen molar-refractivity contribution in [3.8, 4) is 11.5 Å². The van der Waals surface area contributed by atoms with Gasteiger partial charge in [-0.3, -0.25) is 0 Å². The molecule has 0 spiro atoms. The maximum atomic E-state index is 6.06. The molecule has 4 unspecified atom stereocenters. The van der Waals surface area contributed by atoms with Crippen molar-refractivity contribution in [2.24, 2.45) is 17.3 Å². The molecular weight excluding hydrogens is 328 g/mol. The average molecular weight is 360 g/mol. The maximum absolute atomic E-state index is 6.06. The summed E-state index contributed by atoms with van der Waals surface area (Å²) in [5, 5.41) is 0. The standard InChI is InChI=1S/C22H32O4/c1-22-11-4-5-18(22)16-8-6-15-7-9-19(25-13-23-2)21(26-14-24-3)20(15)17(16)10-12-22/h7,9,16-18H,4-6,8,10-14H2,1-3H3. The van der Waals surface area contributed by atoms with Crippen LogP contribution in [0.25, 0.3) is 0 Å². The second kappa shape index (κ2) is 7.40. The van der Waals surface area contributed by atoms with Crippen molar-refractivity contribution < 1.29 is 18.9 Å². The summed E-state index contributed by atoms with van der Waals surface area (Å²) >= 11 is 0. The van der Waals surface area contributed by atoms with Crippen LogP contribution in [0.5, 0.6) is 11.5 Å². The average Bonchev–Trinajstić information content (AvgIpc) is 3.06. The van der Waals surface area contributed by atoms with E-state index in [1.807, 2.05) is 6.07 Å². The maximum Gasteiger partial charge on any atom is 0.188 e. The van der Waals surface area contributed by atoms with Crippen LogP contribution in [-0.4, -0.2) is 27.8 Å². The molecule has 1 aromatic carbocycles. The second-order valence-electron chi connectivity index (χ2n) is 8.57. The summed E-state index contributed by atoms with van der Waals surface area (Å²) in [6, 6.07) is 4.27. The fourth-order valence-corrected chi connectivity index (χ4v) is 6.11. The quantitative estimate of drug-likeness (QED) is 0.676. The Morgan fingerprint density at radius 3 is 2.62 bits per heavy atom. The molecule has 0 radical (unpaired) electrons. The molecule has 0 aliphatic heterocycles. The Hall–Kier alpha value is -1.26. The molecule has 0 aromatic heterocycles. The van der Waals surface area contributed by atoms with Crippen LogP contribution in [0.1, 0.15) is 62.5 Å². The molecule has 2 saturated carbocycles. The molecule has 4 nitrogen and oxygen atoms in total. The van der Waals surface area contributed by atoms with E-state index in [2.05, 4.69) is 13.0 Å². The fourth-order valence-electron chi connectivity index (χ4n) is 6.11. The van der Waals surface area contributed by atoms with E-state index < -0.39 is 0 Å². The van der Waals surface area contributed by atoms with Gasteiger partial charge in [-0.05, 0) is 73.3 Å². The number of hydrogen-bond acceptors (Lipinski definition) is 4. The van der Waals surface area contributed by atoms with Crippen molar-refractivity contribution in [2.45, 2.75) is 57.8 Å². The van der Waals surface area contributed by atoms with Crippen molar-refractivity contribution in [3.63, 3.8) is 0 Å². The molecule has 0 N–H and O–H groups in total. The van der Waals surface area contributed by atoms with Crippen LogP contribution in [0, 0.1) is 17.3 Å². The molecule has 26 heavy (non-hydrogen) atoms. The van der Waals surface area contributed by atoms with Gasteiger partial charge in [0, 0.05) is 19.8 Å². The Morgan fingerprint density at radius 1 is 1.00 bits per heavy atom. The summed E-state index contributed by atoms with van der Waals surface area (Å²) in [5.41, 5.74) is 3.39. The molecule has 4 heteroatoms. The van der Waals surface area contributed by atoms with E-state index in [1.54, 1.807) is 14.2 Å². The summed E-state index contributed by atoms with van der Waals surface area (Å²) in [7, 11) is 3.31. The third kappa shape index (κ3) is 3.01. The molecule has 3 aliphatic rings. The first kappa shape index (κ1) is 18.1. The molecule has 0 bridgehead atoms. The number of hydrogen-bond donors (Lipinski definition) is 0. The van der Waals surface area contributed by atoms with Crippen molar-refractivity contribution in [3.05, 3.63) is 23.3 Å². The lowest BCUT2D eigenvalue weighted by atomic mass is 9.56. The summed E-state index contributed by atoms with van der Waals surface area (Å²) in [6.45, 7) is 3.02. The van der Waals surface area contributed by atoms with Gasteiger partial charge in [-0.1, -0.05) is 19.4 Å². The zero-order valence-electron chi connectivity index (χ0n) is 16.4. The number of methoxy groups -OCH3 is 2. The third-order valence-electron chi connectivity index (χ3n) is 7.24. The van der Waals surface area contributed by atoms with Gasteiger partial charge in [-0.15, -0.1) is 0 Å². The Labute approximate surface area is 157 Å². The van der Waals surface area contributed by atoms with Gasteiger partial charge >= 0.3 is 0 Å². The van der Waals surface area contributed by atoms with Crippen LogP contribution in [-0.2, 0) is 15.9 Å². The van der Waals surface area contributed by atoms with Gasteiger partial charge in [0.1, 0.15) is 0 Å². The Kier molecular flexibility index (Phi) is 5.15. The largest absolute Gasteiger partial charge is 0.464 e. The Bertz CT molecular complexity index is 643.